The predicted octanol–water partition coefficient (Wildman–Crippen LogP) is 5.66. The summed E-state index contributed by atoms with van der Waals surface area (Å²) in [5.74, 6) is -1.10. The molecular weight excluding hydrogens is 384 g/mol. The van der Waals surface area contributed by atoms with Gasteiger partial charge in [-0.15, -0.1) is 0 Å². The highest BCUT2D eigenvalue weighted by atomic mass is 19.4. The van der Waals surface area contributed by atoms with Crippen LogP contribution in [-0.2, 0) is 5.41 Å². The van der Waals surface area contributed by atoms with E-state index in [1.165, 1.54) is 13.8 Å². The quantitative estimate of drug-likeness (QED) is 0.616. The van der Waals surface area contributed by atoms with Gasteiger partial charge in [0.15, 0.2) is 0 Å². The third kappa shape index (κ3) is 4.81. The van der Waals surface area contributed by atoms with Gasteiger partial charge in [-0.3, -0.25) is 0 Å². The van der Waals surface area contributed by atoms with Crippen molar-refractivity contribution in [1.29, 1.82) is 5.26 Å². The van der Waals surface area contributed by atoms with Gasteiger partial charge in [-0.05, 0) is 61.3 Å². The Bertz CT molecular complexity index is 893. The third-order valence-electron chi connectivity index (χ3n) is 5.58. The van der Waals surface area contributed by atoms with Gasteiger partial charge >= 0.3 is 6.18 Å². The van der Waals surface area contributed by atoms with Crippen LogP contribution in [0, 0.1) is 23.1 Å². The zero-order valence-electron chi connectivity index (χ0n) is 17.0. The van der Waals surface area contributed by atoms with Crippen LogP contribution in [0.3, 0.4) is 0 Å². The second-order valence-corrected chi connectivity index (χ2v) is 8.67. The molecule has 0 aliphatic heterocycles. The first kappa shape index (κ1) is 23.0. The molecule has 0 saturated carbocycles. The molecule has 0 radical (unpaired) electrons. The number of rotatable bonds is 5. The van der Waals surface area contributed by atoms with Crippen molar-refractivity contribution in [3.05, 3.63) is 52.4 Å². The van der Waals surface area contributed by atoms with Crippen LogP contribution in [0.1, 0.15) is 52.5 Å². The average Bonchev–Trinajstić information content (AvgIpc) is 2.55. The lowest BCUT2D eigenvalue weighted by atomic mass is 9.70. The Morgan fingerprint density at radius 3 is 2.41 bits per heavy atom. The van der Waals surface area contributed by atoms with E-state index in [0.717, 1.165) is 18.2 Å². The number of alkyl halides is 3. The minimum Gasteiger partial charge on any atom is -0.508 e. The van der Waals surface area contributed by atoms with Gasteiger partial charge < -0.3 is 10.8 Å². The Morgan fingerprint density at radius 2 is 1.90 bits per heavy atom. The van der Waals surface area contributed by atoms with Crippen molar-refractivity contribution < 1.29 is 22.7 Å². The van der Waals surface area contributed by atoms with E-state index >= 15 is 0 Å². The zero-order valence-corrected chi connectivity index (χ0v) is 17.0. The molecule has 29 heavy (non-hydrogen) atoms. The fourth-order valence-corrected chi connectivity index (χ4v) is 4.25. The molecule has 158 valence electrons. The molecule has 1 aromatic carbocycles. The Hall–Kier alpha value is -2.33. The van der Waals surface area contributed by atoms with E-state index in [9.17, 15) is 27.9 Å². The number of benzene rings is 1. The number of halogens is 4. The number of phenolic OH excluding ortho intramolecular Hbond substituents is 1. The summed E-state index contributed by atoms with van der Waals surface area (Å²) in [6.45, 7) is 6.52. The van der Waals surface area contributed by atoms with Crippen molar-refractivity contribution in [2.75, 3.05) is 0 Å². The lowest BCUT2D eigenvalue weighted by Gasteiger charge is -2.40. The van der Waals surface area contributed by atoms with Crippen molar-refractivity contribution in [2.45, 2.75) is 64.1 Å². The highest BCUT2D eigenvalue weighted by Gasteiger charge is 2.54. The van der Waals surface area contributed by atoms with Crippen LogP contribution in [0.2, 0.25) is 0 Å². The van der Waals surface area contributed by atoms with Gasteiger partial charge in [0.2, 0.25) is 0 Å². The molecule has 0 fully saturated rings. The molecule has 1 aromatic rings. The van der Waals surface area contributed by atoms with Gasteiger partial charge in [0.05, 0.1) is 6.07 Å². The Morgan fingerprint density at radius 1 is 1.28 bits per heavy atom. The lowest BCUT2D eigenvalue weighted by molar-refractivity contribution is -0.191. The van der Waals surface area contributed by atoms with Crippen LogP contribution in [0.15, 0.2) is 41.0 Å². The van der Waals surface area contributed by atoms with Crippen molar-refractivity contribution in [3.63, 3.8) is 0 Å². The molecule has 3 nitrogen and oxygen atoms in total. The second-order valence-electron chi connectivity index (χ2n) is 8.67. The molecule has 3 N–H and O–H groups in total. The number of nitriles is 1. The molecule has 1 aliphatic rings. The summed E-state index contributed by atoms with van der Waals surface area (Å²) < 4.78 is 55.9. The number of phenols is 1. The van der Waals surface area contributed by atoms with Crippen LogP contribution < -0.4 is 5.73 Å². The Balaban J connectivity index is 2.43. The van der Waals surface area contributed by atoms with E-state index in [2.05, 4.69) is 6.07 Å². The summed E-state index contributed by atoms with van der Waals surface area (Å²) in [5.41, 5.74) is 3.94. The maximum absolute atomic E-state index is 14.1. The highest BCUT2D eigenvalue weighted by Crippen LogP contribution is 2.46. The van der Waals surface area contributed by atoms with Crippen molar-refractivity contribution in [2.24, 2.45) is 11.7 Å². The highest BCUT2D eigenvalue weighted by molar-refractivity contribution is 5.42. The topological polar surface area (TPSA) is 70.0 Å². The van der Waals surface area contributed by atoms with E-state index in [1.54, 1.807) is 19.9 Å². The maximum Gasteiger partial charge on any atom is 0.406 e. The number of allylic oxidation sites excluding steroid dienone is 3. The van der Waals surface area contributed by atoms with Crippen molar-refractivity contribution in [1.82, 2.24) is 0 Å². The minimum atomic E-state index is -4.72. The molecule has 2 unspecified atom stereocenters. The third-order valence-corrected chi connectivity index (χ3v) is 5.58. The summed E-state index contributed by atoms with van der Waals surface area (Å²) in [7, 11) is 0. The molecule has 1 aliphatic carbocycles. The number of hydrogen-bond donors (Lipinski definition) is 2. The zero-order chi connectivity index (χ0) is 22.2. The summed E-state index contributed by atoms with van der Waals surface area (Å²) in [6.07, 6.45) is -3.76. The standard InChI is InChI=1S/C22H26F4N2O/c1-13-7-15(8-14(2)17(13)11-27)10-21(28,22(24,25)26)12-20(3,4)18-9-16(23)5-6-19(18)29/h5-7,9,14,29H,8,10,12,28H2,1-4H3. The maximum atomic E-state index is 14.1. The molecule has 0 amide bonds. The number of nitrogens with two attached hydrogens (primary N) is 1. The van der Waals surface area contributed by atoms with Crippen LogP contribution in [-0.4, -0.2) is 16.8 Å². The minimum absolute atomic E-state index is 0.0745. The summed E-state index contributed by atoms with van der Waals surface area (Å²) >= 11 is 0. The SMILES string of the molecule is CC1=C(C#N)C(C)CC(CC(N)(CC(C)(C)c2cc(F)ccc2O)C(F)(F)F)=C1. The van der Waals surface area contributed by atoms with E-state index < -0.39 is 35.8 Å². The van der Waals surface area contributed by atoms with E-state index in [1.807, 2.05) is 0 Å². The van der Waals surface area contributed by atoms with E-state index in [0.29, 0.717) is 23.1 Å². The molecule has 0 bridgehead atoms. The normalized spacial score (nSPS) is 20.1. The average molecular weight is 410 g/mol. The summed E-state index contributed by atoms with van der Waals surface area (Å²) in [4.78, 5) is 0. The molecule has 0 saturated heterocycles. The van der Waals surface area contributed by atoms with Crippen LogP contribution in [0.5, 0.6) is 5.75 Å². The van der Waals surface area contributed by atoms with Gasteiger partial charge in [0.1, 0.15) is 17.1 Å². The fourth-order valence-electron chi connectivity index (χ4n) is 4.25. The van der Waals surface area contributed by atoms with Gasteiger partial charge in [0, 0.05) is 11.1 Å². The summed E-state index contributed by atoms with van der Waals surface area (Å²) in [6, 6.07) is 5.32. The van der Waals surface area contributed by atoms with E-state index in [4.69, 9.17) is 5.73 Å². The second kappa shape index (κ2) is 7.83. The first-order valence-electron chi connectivity index (χ1n) is 9.35. The molecular formula is C22H26F4N2O. The molecule has 2 atom stereocenters. The monoisotopic (exact) mass is 410 g/mol. The van der Waals surface area contributed by atoms with Crippen molar-refractivity contribution >= 4 is 0 Å². The van der Waals surface area contributed by atoms with Gasteiger partial charge in [-0.2, -0.15) is 18.4 Å². The van der Waals surface area contributed by atoms with Gasteiger partial charge in [-0.25, -0.2) is 4.39 Å². The molecule has 0 spiro atoms. The predicted molar refractivity (Wildman–Crippen MR) is 103 cm³/mol. The van der Waals surface area contributed by atoms with Crippen molar-refractivity contribution in [3.8, 4) is 11.8 Å². The van der Waals surface area contributed by atoms with Crippen LogP contribution in [0.25, 0.3) is 0 Å². The van der Waals surface area contributed by atoms with E-state index in [-0.39, 0.29) is 17.2 Å². The van der Waals surface area contributed by atoms with Crippen LogP contribution in [0.4, 0.5) is 17.6 Å². The molecule has 0 heterocycles. The van der Waals surface area contributed by atoms with Crippen LogP contribution >= 0.6 is 0 Å². The molecule has 7 heteroatoms. The first-order valence-corrected chi connectivity index (χ1v) is 9.35. The Kier molecular flexibility index (Phi) is 6.20. The summed E-state index contributed by atoms with van der Waals surface area (Å²) in [5, 5.41) is 19.3. The van der Waals surface area contributed by atoms with Gasteiger partial charge in [0.25, 0.3) is 0 Å². The molecule has 0 aromatic heterocycles. The number of aromatic hydroxyl groups is 1. The van der Waals surface area contributed by atoms with Gasteiger partial charge in [-0.1, -0.05) is 32.4 Å². The largest absolute Gasteiger partial charge is 0.508 e. The fraction of sp³-hybridized carbons (Fsp3) is 0.500. The Labute approximate surface area is 168 Å². The number of hydrogen-bond acceptors (Lipinski definition) is 3. The first-order chi connectivity index (χ1) is 13.2. The number of nitrogens with zero attached hydrogens (tertiary/aromatic N) is 1. The molecule has 2 rings (SSSR count). The smallest absolute Gasteiger partial charge is 0.406 e. The lowest BCUT2D eigenvalue weighted by Crippen LogP contribution is -2.56.